The molecule has 5 rings (SSSR count). The maximum atomic E-state index is 4.89. The summed E-state index contributed by atoms with van der Waals surface area (Å²) in [5.74, 6) is 1.56. The maximum Gasteiger partial charge on any atom is 0.182 e. The lowest BCUT2D eigenvalue weighted by Gasteiger charge is -2.09. The second kappa shape index (κ2) is 6.54. The van der Waals surface area contributed by atoms with E-state index in [1.54, 1.807) is 0 Å². The molecule has 0 unspecified atom stereocenters. The Labute approximate surface area is 157 Å². The molecule has 3 nitrogen and oxygen atoms in total. The second-order valence-electron chi connectivity index (χ2n) is 6.40. The van der Waals surface area contributed by atoms with E-state index in [1.165, 1.54) is 5.39 Å². The van der Waals surface area contributed by atoms with Crippen LogP contribution in [0.3, 0.4) is 0 Å². The lowest BCUT2D eigenvalue weighted by molar-refractivity contribution is 0.898. The van der Waals surface area contributed by atoms with Crippen LogP contribution in [0, 0.1) is 0 Å². The molecule has 0 saturated heterocycles. The summed E-state index contributed by atoms with van der Waals surface area (Å²) in [6.07, 6.45) is 0. The van der Waals surface area contributed by atoms with Crippen molar-refractivity contribution in [2.75, 3.05) is 0 Å². The molecular weight excluding hydrogens is 330 g/mol. The zero-order chi connectivity index (χ0) is 18.1. The summed E-state index contributed by atoms with van der Waals surface area (Å²) in [5.41, 5.74) is 3.08. The standard InChI is InChI=1S/C24H17N3/c1-3-11-19(12-4-1)23-25-24(20-13-5-2-6-14-20)27(26-23)22-17-9-15-18-10-7-8-16-21(18)22/h1-17H. The van der Waals surface area contributed by atoms with Crippen molar-refractivity contribution < 1.29 is 0 Å². The SMILES string of the molecule is c1ccc(-c2nc(-c3ccccc3)n(-c3cccc4ccccc34)n2)cc1. The van der Waals surface area contributed by atoms with Gasteiger partial charge in [0.1, 0.15) is 0 Å². The normalized spacial score (nSPS) is 11.0. The van der Waals surface area contributed by atoms with E-state index in [1.807, 2.05) is 53.2 Å². The lowest BCUT2D eigenvalue weighted by atomic mass is 10.1. The lowest BCUT2D eigenvalue weighted by Crippen LogP contribution is -2.00. The predicted octanol–water partition coefficient (Wildman–Crippen LogP) is 5.75. The highest BCUT2D eigenvalue weighted by Gasteiger charge is 2.16. The summed E-state index contributed by atoms with van der Waals surface area (Å²) >= 11 is 0. The number of fused-ring (bicyclic) bond motifs is 1. The third kappa shape index (κ3) is 2.79. The van der Waals surface area contributed by atoms with Gasteiger partial charge in [-0.2, -0.15) is 0 Å². The van der Waals surface area contributed by atoms with Gasteiger partial charge in [-0.3, -0.25) is 0 Å². The van der Waals surface area contributed by atoms with Crippen molar-refractivity contribution in [2.24, 2.45) is 0 Å². The fourth-order valence-corrected chi connectivity index (χ4v) is 3.36. The summed E-state index contributed by atoms with van der Waals surface area (Å²) in [7, 11) is 0. The van der Waals surface area contributed by atoms with E-state index in [9.17, 15) is 0 Å². The highest BCUT2D eigenvalue weighted by molar-refractivity contribution is 5.90. The first kappa shape index (κ1) is 15.5. The molecule has 3 heteroatoms. The summed E-state index contributed by atoms with van der Waals surface area (Å²) in [6.45, 7) is 0. The van der Waals surface area contributed by atoms with Gasteiger partial charge >= 0.3 is 0 Å². The molecule has 0 spiro atoms. The number of rotatable bonds is 3. The first-order valence-electron chi connectivity index (χ1n) is 8.96. The van der Waals surface area contributed by atoms with Crippen LogP contribution in [0.5, 0.6) is 0 Å². The average Bonchev–Trinajstić information content (AvgIpc) is 3.20. The van der Waals surface area contributed by atoms with E-state index in [-0.39, 0.29) is 0 Å². The second-order valence-corrected chi connectivity index (χ2v) is 6.40. The van der Waals surface area contributed by atoms with Crippen LogP contribution in [0.25, 0.3) is 39.2 Å². The van der Waals surface area contributed by atoms with Crippen molar-refractivity contribution in [2.45, 2.75) is 0 Å². The molecule has 27 heavy (non-hydrogen) atoms. The van der Waals surface area contributed by atoms with Crippen LogP contribution in [-0.2, 0) is 0 Å². The molecule has 128 valence electrons. The zero-order valence-corrected chi connectivity index (χ0v) is 14.7. The Morgan fingerprint density at radius 3 is 1.96 bits per heavy atom. The Kier molecular flexibility index (Phi) is 3.76. The zero-order valence-electron chi connectivity index (χ0n) is 14.7. The van der Waals surface area contributed by atoms with Crippen LogP contribution in [0.1, 0.15) is 0 Å². The molecule has 0 bridgehead atoms. The highest BCUT2D eigenvalue weighted by Crippen LogP contribution is 2.29. The van der Waals surface area contributed by atoms with Gasteiger partial charge in [0.15, 0.2) is 11.6 Å². The van der Waals surface area contributed by atoms with Crippen LogP contribution in [0.2, 0.25) is 0 Å². The first-order chi connectivity index (χ1) is 13.4. The average molecular weight is 347 g/mol. The van der Waals surface area contributed by atoms with Gasteiger partial charge in [-0.05, 0) is 11.5 Å². The number of aromatic nitrogens is 3. The van der Waals surface area contributed by atoms with Crippen molar-refractivity contribution in [1.82, 2.24) is 14.8 Å². The Hall–Kier alpha value is -3.72. The molecule has 0 aliphatic carbocycles. The van der Waals surface area contributed by atoms with E-state index in [0.29, 0.717) is 0 Å². The molecule has 1 aromatic heterocycles. The first-order valence-corrected chi connectivity index (χ1v) is 8.96. The topological polar surface area (TPSA) is 30.7 Å². The summed E-state index contributed by atoms with van der Waals surface area (Å²) in [6, 6.07) is 35.0. The van der Waals surface area contributed by atoms with Crippen molar-refractivity contribution in [3.8, 4) is 28.5 Å². The summed E-state index contributed by atoms with van der Waals surface area (Å²) < 4.78 is 1.96. The van der Waals surface area contributed by atoms with Gasteiger partial charge in [0.2, 0.25) is 0 Å². The van der Waals surface area contributed by atoms with E-state index >= 15 is 0 Å². The molecule has 0 aliphatic rings. The molecule has 0 fully saturated rings. The molecule has 5 aromatic rings. The van der Waals surface area contributed by atoms with Gasteiger partial charge in [-0.15, -0.1) is 5.10 Å². The third-order valence-electron chi connectivity index (χ3n) is 4.67. The number of hydrogen-bond acceptors (Lipinski definition) is 2. The minimum Gasteiger partial charge on any atom is -0.212 e. The number of nitrogens with zero attached hydrogens (tertiary/aromatic N) is 3. The van der Waals surface area contributed by atoms with Gasteiger partial charge < -0.3 is 0 Å². The Morgan fingerprint density at radius 1 is 0.556 bits per heavy atom. The van der Waals surface area contributed by atoms with Crippen molar-refractivity contribution in [1.29, 1.82) is 0 Å². The van der Waals surface area contributed by atoms with E-state index in [4.69, 9.17) is 10.1 Å². The van der Waals surface area contributed by atoms with Crippen molar-refractivity contribution in [3.05, 3.63) is 103 Å². The van der Waals surface area contributed by atoms with E-state index < -0.39 is 0 Å². The molecule has 0 amide bonds. The Morgan fingerprint density at radius 2 is 1.19 bits per heavy atom. The van der Waals surface area contributed by atoms with Gasteiger partial charge in [0.05, 0.1) is 5.69 Å². The van der Waals surface area contributed by atoms with Gasteiger partial charge in [0.25, 0.3) is 0 Å². The quantitative estimate of drug-likeness (QED) is 0.416. The largest absolute Gasteiger partial charge is 0.212 e. The molecule has 4 aromatic carbocycles. The molecule has 0 atom stereocenters. The van der Waals surface area contributed by atoms with Crippen LogP contribution < -0.4 is 0 Å². The van der Waals surface area contributed by atoms with Crippen molar-refractivity contribution >= 4 is 10.8 Å². The van der Waals surface area contributed by atoms with Crippen LogP contribution in [0.4, 0.5) is 0 Å². The smallest absolute Gasteiger partial charge is 0.182 e. The summed E-state index contributed by atoms with van der Waals surface area (Å²) in [5, 5.41) is 7.22. The van der Waals surface area contributed by atoms with Gasteiger partial charge in [-0.1, -0.05) is 97.1 Å². The van der Waals surface area contributed by atoms with Crippen molar-refractivity contribution in [3.63, 3.8) is 0 Å². The highest BCUT2D eigenvalue weighted by atomic mass is 15.4. The van der Waals surface area contributed by atoms with Gasteiger partial charge in [0, 0.05) is 16.5 Å². The van der Waals surface area contributed by atoms with Gasteiger partial charge in [-0.25, -0.2) is 9.67 Å². The number of benzene rings is 4. The van der Waals surface area contributed by atoms with Crippen LogP contribution in [-0.4, -0.2) is 14.8 Å². The molecule has 1 heterocycles. The fourth-order valence-electron chi connectivity index (χ4n) is 3.36. The third-order valence-corrected chi connectivity index (χ3v) is 4.67. The van der Waals surface area contributed by atoms with Crippen LogP contribution >= 0.6 is 0 Å². The minimum atomic E-state index is 0.724. The van der Waals surface area contributed by atoms with Crippen LogP contribution in [0.15, 0.2) is 103 Å². The van der Waals surface area contributed by atoms with E-state index in [2.05, 4.69) is 54.6 Å². The maximum absolute atomic E-state index is 4.89. The Bertz CT molecular complexity index is 1200. The molecule has 0 radical (unpaired) electrons. The monoisotopic (exact) mass is 347 g/mol. The van der Waals surface area contributed by atoms with E-state index in [0.717, 1.165) is 33.8 Å². The molecule has 0 aliphatic heterocycles. The fraction of sp³-hybridized carbons (Fsp3) is 0. The molecule has 0 N–H and O–H groups in total. The summed E-state index contributed by atoms with van der Waals surface area (Å²) in [4.78, 5) is 4.89. The Balaban J connectivity index is 1.79. The molecule has 0 saturated carbocycles. The minimum absolute atomic E-state index is 0.724. The molecular formula is C24H17N3. The predicted molar refractivity (Wildman–Crippen MR) is 110 cm³/mol. The number of hydrogen-bond donors (Lipinski definition) is 0.